The highest BCUT2D eigenvalue weighted by Gasteiger charge is 2.23. The molecule has 5 heteroatoms. The Balaban J connectivity index is 2.14. The molecule has 0 spiro atoms. The van der Waals surface area contributed by atoms with Crippen molar-refractivity contribution in [1.82, 2.24) is 15.5 Å². The van der Waals surface area contributed by atoms with Crippen LogP contribution < -0.4 is 10.6 Å². The largest absolute Gasteiger partial charge is 0.355 e. The number of amides is 2. The Morgan fingerprint density at radius 2 is 2.00 bits per heavy atom. The van der Waals surface area contributed by atoms with Gasteiger partial charge in [-0.25, -0.2) is 0 Å². The first-order valence-corrected chi connectivity index (χ1v) is 6.94. The number of nitrogens with zero attached hydrogens (tertiary/aromatic N) is 1. The van der Waals surface area contributed by atoms with Crippen molar-refractivity contribution >= 4 is 11.8 Å². The first-order chi connectivity index (χ1) is 9.65. The van der Waals surface area contributed by atoms with Crippen LogP contribution in [0.5, 0.6) is 0 Å². The summed E-state index contributed by atoms with van der Waals surface area (Å²) in [7, 11) is 3.50. The van der Waals surface area contributed by atoms with E-state index >= 15 is 0 Å². The molecule has 1 aromatic rings. The second-order valence-electron chi connectivity index (χ2n) is 5.04. The van der Waals surface area contributed by atoms with E-state index in [-0.39, 0.29) is 11.8 Å². The molecule has 0 bridgehead atoms. The SMILES string of the molecule is CNC(=O)c1cccc(C(=O)N2CCC[C@@H](NC)C2)c1. The highest BCUT2D eigenvalue weighted by molar-refractivity contribution is 5.99. The van der Waals surface area contributed by atoms with Crippen molar-refractivity contribution in [3.8, 4) is 0 Å². The molecule has 1 aromatic carbocycles. The summed E-state index contributed by atoms with van der Waals surface area (Å²) in [5, 5.41) is 5.79. The Morgan fingerprint density at radius 3 is 2.70 bits per heavy atom. The Hall–Kier alpha value is -1.88. The average Bonchev–Trinajstić information content (AvgIpc) is 2.53. The molecule has 0 radical (unpaired) electrons. The fourth-order valence-corrected chi connectivity index (χ4v) is 2.52. The number of rotatable bonds is 3. The maximum atomic E-state index is 12.5. The van der Waals surface area contributed by atoms with Crippen molar-refractivity contribution in [2.24, 2.45) is 0 Å². The normalized spacial score (nSPS) is 18.7. The van der Waals surface area contributed by atoms with E-state index in [0.717, 1.165) is 25.9 Å². The smallest absolute Gasteiger partial charge is 0.253 e. The van der Waals surface area contributed by atoms with Gasteiger partial charge in [0.25, 0.3) is 11.8 Å². The van der Waals surface area contributed by atoms with Gasteiger partial charge in [0.2, 0.25) is 0 Å². The molecule has 0 aromatic heterocycles. The zero-order valence-electron chi connectivity index (χ0n) is 12.0. The molecule has 0 saturated carbocycles. The van der Waals surface area contributed by atoms with E-state index in [2.05, 4.69) is 10.6 Å². The molecule has 1 heterocycles. The molecular formula is C15H21N3O2. The molecule has 5 nitrogen and oxygen atoms in total. The van der Waals surface area contributed by atoms with Crippen molar-refractivity contribution in [1.29, 1.82) is 0 Å². The summed E-state index contributed by atoms with van der Waals surface area (Å²) in [6.07, 6.45) is 2.10. The molecule has 1 fully saturated rings. The van der Waals surface area contributed by atoms with E-state index in [1.165, 1.54) is 0 Å². The number of piperidine rings is 1. The van der Waals surface area contributed by atoms with Crippen molar-refractivity contribution in [3.63, 3.8) is 0 Å². The molecular weight excluding hydrogens is 254 g/mol. The third-order valence-corrected chi connectivity index (χ3v) is 3.72. The van der Waals surface area contributed by atoms with Crippen LogP contribution in [-0.4, -0.2) is 49.9 Å². The van der Waals surface area contributed by atoms with E-state index in [0.29, 0.717) is 17.2 Å². The minimum Gasteiger partial charge on any atom is -0.355 e. The molecule has 2 rings (SSSR count). The predicted octanol–water partition coefficient (Wildman–Crippen LogP) is 0.870. The Morgan fingerprint density at radius 1 is 1.25 bits per heavy atom. The van der Waals surface area contributed by atoms with Gasteiger partial charge in [-0.2, -0.15) is 0 Å². The van der Waals surface area contributed by atoms with Gasteiger partial charge < -0.3 is 15.5 Å². The molecule has 20 heavy (non-hydrogen) atoms. The topological polar surface area (TPSA) is 61.4 Å². The Kier molecular flexibility index (Phi) is 4.74. The van der Waals surface area contributed by atoms with Crippen LogP contribution in [0.2, 0.25) is 0 Å². The minimum atomic E-state index is -0.175. The molecule has 2 N–H and O–H groups in total. The molecule has 108 valence electrons. The Bertz CT molecular complexity index is 502. The van der Waals surface area contributed by atoms with Crippen LogP contribution in [0.25, 0.3) is 0 Å². The van der Waals surface area contributed by atoms with Crippen LogP contribution in [0.1, 0.15) is 33.6 Å². The van der Waals surface area contributed by atoms with Gasteiger partial charge in [-0.1, -0.05) is 6.07 Å². The summed E-state index contributed by atoms with van der Waals surface area (Å²) in [6.45, 7) is 1.50. The molecule has 2 amide bonds. The lowest BCUT2D eigenvalue weighted by Gasteiger charge is -2.32. The van der Waals surface area contributed by atoms with Gasteiger partial charge in [-0.3, -0.25) is 9.59 Å². The van der Waals surface area contributed by atoms with Gasteiger partial charge in [0.05, 0.1) is 0 Å². The lowest BCUT2D eigenvalue weighted by Crippen LogP contribution is -2.47. The number of carbonyl (C=O) groups is 2. The van der Waals surface area contributed by atoms with Crippen molar-refractivity contribution in [3.05, 3.63) is 35.4 Å². The quantitative estimate of drug-likeness (QED) is 0.860. The number of benzene rings is 1. The highest BCUT2D eigenvalue weighted by atomic mass is 16.2. The molecule has 0 aliphatic carbocycles. The van der Waals surface area contributed by atoms with Crippen LogP contribution in [0.15, 0.2) is 24.3 Å². The summed E-state index contributed by atoms with van der Waals surface area (Å²) in [4.78, 5) is 26.0. The Labute approximate surface area is 119 Å². The number of likely N-dealkylation sites (tertiary alicyclic amines) is 1. The van der Waals surface area contributed by atoms with Crippen molar-refractivity contribution in [2.45, 2.75) is 18.9 Å². The fraction of sp³-hybridized carbons (Fsp3) is 0.467. The summed E-state index contributed by atoms with van der Waals surface area (Å²) in [5.74, 6) is -0.179. The van der Waals surface area contributed by atoms with Crippen LogP contribution in [-0.2, 0) is 0 Å². The van der Waals surface area contributed by atoms with Gasteiger partial charge in [0, 0.05) is 37.3 Å². The highest BCUT2D eigenvalue weighted by Crippen LogP contribution is 2.14. The van der Waals surface area contributed by atoms with E-state index in [1.54, 1.807) is 31.3 Å². The second-order valence-corrected chi connectivity index (χ2v) is 5.04. The van der Waals surface area contributed by atoms with Crippen molar-refractivity contribution < 1.29 is 9.59 Å². The van der Waals surface area contributed by atoms with Gasteiger partial charge in [0.15, 0.2) is 0 Å². The second kappa shape index (κ2) is 6.52. The zero-order valence-corrected chi connectivity index (χ0v) is 12.0. The monoisotopic (exact) mass is 275 g/mol. The van der Waals surface area contributed by atoms with E-state index < -0.39 is 0 Å². The number of hydrogen-bond acceptors (Lipinski definition) is 3. The first-order valence-electron chi connectivity index (χ1n) is 6.94. The molecule has 1 aliphatic heterocycles. The van der Waals surface area contributed by atoms with Crippen LogP contribution in [0.3, 0.4) is 0 Å². The van der Waals surface area contributed by atoms with Crippen molar-refractivity contribution in [2.75, 3.05) is 27.2 Å². The third-order valence-electron chi connectivity index (χ3n) is 3.72. The maximum absolute atomic E-state index is 12.5. The summed E-state index contributed by atoms with van der Waals surface area (Å²) < 4.78 is 0. The summed E-state index contributed by atoms with van der Waals surface area (Å²) >= 11 is 0. The lowest BCUT2D eigenvalue weighted by atomic mass is 10.0. The predicted molar refractivity (Wildman–Crippen MR) is 77.8 cm³/mol. The maximum Gasteiger partial charge on any atom is 0.253 e. The van der Waals surface area contributed by atoms with E-state index in [9.17, 15) is 9.59 Å². The molecule has 1 atom stereocenters. The summed E-state index contributed by atoms with van der Waals surface area (Å²) in [5.41, 5.74) is 1.09. The number of hydrogen-bond donors (Lipinski definition) is 2. The average molecular weight is 275 g/mol. The molecule has 0 unspecified atom stereocenters. The number of likely N-dealkylation sites (N-methyl/N-ethyl adjacent to an activating group) is 1. The lowest BCUT2D eigenvalue weighted by molar-refractivity contribution is 0.0698. The van der Waals surface area contributed by atoms with Gasteiger partial charge in [-0.05, 0) is 38.1 Å². The van der Waals surface area contributed by atoms with Gasteiger partial charge in [0.1, 0.15) is 0 Å². The van der Waals surface area contributed by atoms with Gasteiger partial charge in [-0.15, -0.1) is 0 Å². The van der Waals surface area contributed by atoms with Gasteiger partial charge >= 0.3 is 0 Å². The first kappa shape index (κ1) is 14.5. The number of carbonyl (C=O) groups excluding carboxylic acids is 2. The van der Waals surface area contributed by atoms with E-state index in [1.807, 2.05) is 11.9 Å². The van der Waals surface area contributed by atoms with E-state index in [4.69, 9.17) is 0 Å². The molecule has 1 aliphatic rings. The zero-order chi connectivity index (χ0) is 14.5. The third kappa shape index (κ3) is 3.17. The summed E-state index contributed by atoms with van der Waals surface area (Å²) in [6, 6.07) is 7.23. The molecule has 1 saturated heterocycles. The number of nitrogens with one attached hydrogen (secondary N) is 2. The minimum absolute atomic E-state index is 0.00398. The van der Waals surface area contributed by atoms with Crippen LogP contribution in [0.4, 0.5) is 0 Å². The van der Waals surface area contributed by atoms with Crippen LogP contribution in [0, 0.1) is 0 Å². The van der Waals surface area contributed by atoms with Crippen LogP contribution >= 0.6 is 0 Å². The standard InChI is InChI=1S/C15H21N3O2/c1-16-13-7-4-8-18(10-13)15(20)12-6-3-5-11(9-12)14(19)17-2/h3,5-6,9,13,16H,4,7-8,10H2,1-2H3,(H,17,19)/t13-/m1/s1. The fourth-order valence-electron chi connectivity index (χ4n) is 2.52.